The van der Waals surface area contributed by atoms with E-state index < -0.39 is 23.3 Å². The first-order valence-corrected chi connectivity index (χ1v) is 12.6. The van der Waals surface area contributed by atoms with Gasteiger partial charge in [-0.3, -0.25) is 4.79 Å². The van der Waals surface area contributed by atoms with Crippen LogP contribution in [0.25, 0.3) is 6.08 Å². The lowest BCUT2D eigenvalue weighted by molar-refractivity contribution is -0.151. The molecule has 0 spiro atoms. The zero-order chi connectivity index (χ0) is 28.9. The lowest BCUT2D eigenvalue weighted by atomic mass is 9.62. The van der Waals surface area contributed by atoms with Gasteiger partial charge in [-0.1, -0.05) is 36.4 Å². The second kappa shape index (κ2) is 12.0. The van der Waals surface area contributed by atoms with Crippen LogP contribution in [-0.2, 0) is 35.0 Å². The zero-order valence-corrected chi connectivity index (χ0v) is 22.8. The van der Waals surface area contributed by atoms with Gasteiger partial charge in [0.2, 0.25) is 0 Å². The molecule has 4 rings (SSSR count). The van der Waals surface area contributed by atoms with Gasteiger partial charge in [-0.2, -0.15) is 0 Å². The lowest BCUT2D eigenvalue weighted by Gasteiger charge is -2.39. The molecular formula is C31H32O9. The van der Waals surface area contributed by atoms with Gasteiger partial charge in [-0.25, -0.2) is 4.79 Å². The van der Waals surface area contributed by atoms with E-state index in [9.17, 15) is 19.8 Å². The van der Waals surface area contributed by atoms with E-state index in [0.717, 1.165) is 11.1 Å². The number of phenolic OH excluding ortho intramolecular Hbond substituents is 2. The molecule has 210 valence electrons. The van der Waals surface area contributed by atoms with Crippen molar-refractivity contribution in [3.63, 3.8) is 0 Å². The third-order valence-corrected chi connectivity index (χ3v) is 7.21. The van der Waals surface area contributed by atoms with Gasteiger partial charge in [0, 0.05) is 24.0 Å². The van der Waals surface area contributed by atoms with E-state index in [2.05, 4.69) is 0 Å². The zero-order valence-electron chi connectivity index (χ0n) is 22.8. The van der Waals surface area contributed by atoms with E-state index >= 15 is 0 Å². The molecule has 1 aliphatic heterocycles. The molecule has 1 saturated heterocycles. The average molecular weight is 549 g/mol. The van der Waals surface area contributed by atoms with Crippen LogP contribution in [0.3, 0.4) is 0 Å². The molecule has 2 unspecified atom stereocenters. The molecule has 40 heavy (non-hydrogen) atoms. The minimum absolute atomic E-state index is 0.202. The Hall–Kier alpha value is -4.66. The van der Waals surface area contributed by atoms with Crippen LogP contribution >= 0.6 is 0 Å². The standard InChI is InChI=1S/C31H32O9/c1-36-25-10-6-9-22(21(25)8-5-7-19-11-13-23(32)24(33)17-19)28-20(12-14-27(34)38-3)18-26(37-2)29-31(28,15-16-40-29)30(35)39-4/h5-7,9-14,17-18,28,32-33H,8,15-16H2,1-4H3/b7-5+,14-12+. The molecule has 9 heteroatoms. The molecule has 0 radical (unpaired) electrons. The summed E-state index contributed by atoms with van der Waals surface area (Å²) in [5, 5.41) is 19.5. The van der Waals surface area contributed by atoms with Crippen molar-refractivity contribution >= 4 is 18.0 Å². The number of carbonyl (C=O) groups is 2. The maximum Gasteiger partial charge on any atom is 0.330 e. The van der Waals surface area contributed by atoms with Crippen LogP contribution in [0, 0.1) is 5.41 Å². The van der Waals surface area contributed by atoms with Crippen molar-refractivity contribution in [1.82, 2.24) is 0 Å². The number of methoxy groups -OCH3 is 4. The van der Waals surface area contributed by atoms with Crippen molar-refractivity contribution in [1.29, 1.82) is 0 Å². The first kappa shape index (κ1) is 28.4. The summed E-state index contributed by atoms with van der Waals surface area (Å²) in [7, 11) is 5.69. The molecule has 0 aromatic heterocycles. The highest BCUT2D eigenvalue weighted by Gasteiger charge is 2.59. The molecule has 0 amide bonds. The highest BCUT2D eigenvalue weighted by molar-refractivity contribution is 5.86. The second-order valence-electron chi connectivity index (χ2n) is 9.28. The first-order valence-electron chi connectivity index (χ1n) is 12.6. The molecule has 9 nitrogen and oxygen atoms in total. The van der Waals surface area contributed by atoms with Gasteiger partial charge in [0.25, 0.3) is 0 Å². The molecule has 1 aliphatic carbocycles. The Morgan fingerprint density at radius 2 is 1.82 bits per heavy atom. The van der Waals surface area contributed by atoms with Crippen LogP contribution in [0.5, 0.6) is 17.2 Å². The quantitative estimate of drug-likeness (QED) is 0.264. The van der Waals surface area contributed by atoms with Gasteiger partial charge < -0.3 is 33.9 Å². The van der Waals surface area contributed by atoms with Crippen molar-refractivity contribution < 1.29 is 43.5 Å². The van der Waals surface area contributed by atoms with E-state index in [-0.39, 0.29) is 18.1 Å². The number of hydrogen-bond donors (Lipinski definition) is 2. The molecule has 1 fully saturated rings. The Bertz CT molecular complexity index is 1420. The number of ether oxygens (including phenoxy) is 5. The van der Waals surface area contributed by atoms with Gasteiger partial charge >= 0.3 is 11.9 Å². The predicted octanol–water partition coefficient (Wildman–Crippen LogP) is 4.55. The van der Waals surface area contributed by atoms with Crippen molar-refractivity contribution in [2.24, 2.45) is 5.41 Å². The monoisotopic (exact) mass is 548 g/mol. The SMILES string of the molecule is COC(=O)/C=C/C1=CC(OC)=C2OCCC2(C(=O)OC)C1c1cccc(OC)c1C/C=C/c1ccc(O)c(O)c1. The van der Waals surface area contributed by atoms with Gasteiger partial charge in [-0.05, 0) is 47.4 Å². The van der Waals surface area contributed by atoms with E-state index in [4.69, 9.17) is 23.7 Å². The predicted molar refractivity (Wildman–Crippen MR) is 147 cm³/mol. The van der Waals surface area contributed by atoms with E-state index in [1.807, 2.05) is 30.4 Å². The normalized spacial score (nSPS) is 20.2. The summed E-state index contributed by atoms with van der Waals surface area (Å²) < 4.78 is 27.5. The summed E-state index contributed by atoms with van der Waals surface area (Å²) in [5.41, 5.74) is 1.65. The maximum atomic E-state index is 13.7. The smallest absolute Gasteiger partial charge is 0.330 e. The summed E-state index contributed by atoms with van der Waals surface area (Å²) in [6.07, 6.45) is 9.12. The van der Waals surface area contributed by atoms with Crippen molar-refractivity contribution in [2.75, 3.05) is 35.0 Å². The Balaban J connectivity index is 1.89. The van der Waals surface area contributed by atoms with Crippen molar-refractivity contribution in [3.05, 3.63) is 94.5 Å². The summed E-state index contributed by atoms with van der Waals surface area (Å²) >= 11 is 0. The van der Waals surface area contributed by atoms with Crippen LogP contribution in [0.2, 0.25) is 0 Å². The molecule has 2 aromatic rings. The number of carbonyl (C=O) groups excluding carboxylic acids is 2. The minimum atomic E-state index is -1.25. The van der Waals surface area contributed by atoms with Crippen LogP contribution in [0.15, 0.2) is 77.8 Å². The number of benzene rings is 2. The number of esters is 2. The second-order valence-corrected chi connectivity index (χ2v) is 9.28. The fraction of sp³-hybridized carbons (Fsp3) is 0.290. The molecule has 2 atom stereocenters. The molecule has 2 aromatic carbocycles. The fourth-order valence-corrected chi connectivity index (χ4v) is 5.40. The van der Waals surface area contributed by atoms with Crippen molar-refractivity contribution in [3.8, 4) is 17.2 Å². The molecule has 0 bridgehead atoms. The fourth-order valence-electron chi connectivity index (χ4n) is 5.40. The van der Waals surface area contributed by atoms with Crippen molar-refractivity contribution in [2.45, 2.75) is 18.8 Å². The molecule has 2 N–H and O–H groups in total. The van der Waals surface area contributed by atoms with Gasteiger partial charge in [0.15, 0.2) is 23.0 Å². The summed E-state index contributed by atoms with van der Waals surface area (Å²) in [6, 6.07) is 10.2. The number of hydrogen-bond acceptors (Lipinski definition) is 9. The van der Waals surface area contributed by atoms with E-state index in [1.54, 1.807) is 25.3 Å². The van der Waals surface area contributed by atoms with Crippen LogP contribution in [-0.4, -0.2) is 57.2 Å². The number of fused-ring (bicyclic) bond motifs is 1. The highest BCUT2D eigenvalue weighted by Crippen LogP contribution is 2.58. The Morgan fingerprint density at radius 3 is 2.50 bits per heavy atom. The topological polar surface area (TPSA) is 121 Å². The first-order chi connectivity index (χ1) is 19.3. The van der Waals surface area contributed by atoms with Crippen LogP contribution in [0.4, 0.5) is 0 Å². The van der Waals surface area contributed by atoms with Gasteiger partial charge in [0.05, 0.1) is 35.0 Å². The van der Waals surface area contributed by atoms with E-state index in [1.165, 1.54) is 39.5 Å². The summed E-state index contributed by atoms with van der Waals surface area (Å²) in [4.78, 5) is 25.7. The minimum Gasteiger partial charge on any atom is -0.504 e. The molecular weight excluding hydrogens is 516 g/mol. The summed E-state index contributed by atoms with van der Waals surface area (Å²) in [5.74, 6) is -0.709. The summed E-state index contributed by atoms with van der Waals surface area (Å²) in [6.45, 7) is 0.277. The van der Waals surface area contributed by atoms with Crippen LogP contribution in [0.1, 0.15) is 29.0 Å². The number of aromatic hydroxyl groups is 2. The van der Waals surface area contributed by atoms with Crippen LogP contribution < -0.4 is 4.74 Å². The average Bonchev–Trinajstić information content (AvgIpc) is 3.42. The van der Waals surface area contributed by atoms with Gasteiger partial charge in [-0.15, -0.1) is 0 Å². The Morgan fingerprint density at radius 1 is 1.02 bits per heavy atom. The highest BCUT2D eigenvalue weighted by atomic mass is 16.5. The number of allylic oxidation sites excluding steroid dienone is 4. The van der Waals surface area contributed by atoms with E-state index in [0.29, 0.717) is 41.2 Å². The Labute approximate surface area is 232 Å². The molecule has 1 heterocycles. The lowest BCUT2D eigenvalue weighted by Crippen LogP contribution is -2.41. The Kier molecular flexibility index (Phi) is 8.52. The number of phenols is 2. The number of rotatable bonds is 9. The molecule has 0 saturated carbocycles. The molecule has 2 aliphatic rings. The maximum absolute atomic E-state index is 13.7. The third-order valence-electron chi connectivity index (χ3n) is 7.21. The third kappa shape index (κ3) is 5.14. The van der Waals surface area contributed by atoms with Gasteiger partial charge in [0.1, 0.15) is 11.2 Å². The largest absolute Gasteiger partial charge is 0.504 e.